The minimum atomic E-state index is -3.40. The lowest BCUT2D eigenvalue weighted by Crippen LogP contribution is -2.36. The normalized spacial score (nSPS) is 24.3. The second-order valence-electron chi connectivity index (χ2n) is 4.68. The van der Waals surface area contributed by atoms with Crippen LogP contribution in [0.3, 0.4) is 0 Å². The van der Waals surface area contributed by atoms with Crippen LogP contribution in [-0.2, 0) is 10.0 Å². The lowest BCUT2D eigenvalue weighted by atomic mass is 10.1. The van der Waals surface area contributed by atoms with Gasteiger partial charge in [0.25, 0.3) is 0 Å². The van der Waals surface area contributed by atoms with Crippen LogP contribution in [0.4, 0.5) is 0 Å². The Morgan fingerprint density at radius 2 is 2.28 bits per heavy atom. The summed E-state index contributed by atoms with van der Waals surface area (Å²) in [7, 11) is -3.40. The largest absolute Gasteiger partial charge is 0.240 e. The summed E-state index contributed by atoms with van der Waals surface area (Å²) < 4.78 is 27.8. The molecule has 0 aromatic heterocycles. The highest BCUT2D eigenvalue weighted by molar-refractivity contribution is 9.10. The van der Waals surface area contributed by atoms with Crippen LogP contribution in [0.1, 0.15) is 19.8 Å². The van der Waals surface area contributed by atoms with Crippen molar-refractivity contribution < 1.29 is 8.42 Å². The van der Waals surface area contributed by atoms with Crippen LogP contribution < -0.4 is 4.72 Å². The third kappa shape index (κ3) is 3.50. The third-order valence-electron chi connectivity index (χ3n) is 3.04. The minimum Gasteiger partial charge on any atom is -0.210 e. The number of halogens is 1. The van der Waals surface area contributed by atoms with Crippen LogP contribution in [0.2, 0.25) is 0 Å². The van der Waals surface area contributed by atoms with Crippen molar-refractivity contribution in [2.45, 2.75) is 29.4 Å². The van der Waals surface area contributed by atoms with Crippen molar-refractivity contribution in [3.63, 3.8) is 0 Å². The molecule has 0 spiro atoms. The van der Waals surface area contributed by atoms with Crippen LogP contribution in [0.5, 0.6) is 0 Å². The first-order chi connectivity index (χ1) is 8.41. The average molecular weight is 350 g/mol. The van der Waals surface area contributed by atoms with Crippen molar-refractivity contribution in [1.82, 2.24) is 4.72 Å². The van der Waals surface area contributed by atoms with E-state index in [9.17, 15) is 8.42 Å². The average Bonchev–Trinajstić information content (AvgIpc) is 2.75. The molecule has 3 nitrogen and oxygen atoms in total. The zero-order valence-corrected chi connectivity index (χ0v) is 13.4. The first-order valence-electron chi connectivity index (χ1n) is 5.81. The van der Waals surface area contributed by atoms with Gasteiger partial charge in [-0.1, -0.05) is 22.0 Å². The highest BCUT2D eigenvalue weighted by Crippen LogP contribution is 2.37. The van der Waals surface area contributed by atoms with E-state index in [-0.39, 0.29) is 4.75 Å². The fourth-order valence-corrected chi connectivity index (χ4v) is 5.04. The van der Waals surface area contributed by atoms with Crippen LogP contribution in [-0.4, -0.2) is 25.5 Å². The predicted molar refractivity (Wildman–Crippen MR) is 79.4 cm³/mol. The molecule has 0 bridgehead atoms. The Balaban J connectivity index is 2.08. The zero-order valence-electron chi connectivity index (χ0n) is 10.1. The highest BCUT2D eigenvalue weighted by atomic mass is 79.9. The van der Waals surface area contributed by atoms with E-state index < -0.39 is 10.0 Å². The summed E-state index contributed by atoms with van der Waals surface area (Å²) in [5.74, 6) is 1.12. The smallest absolute Gasteiger partial charge is 0.210 e. The molecular weight excluding hydrogens is 334 g/mol. The quantitative estimate of drug-likeness (QED) is 0.908. The molecule has 18 heavy (non-hydrogen) atoms. The topological polar surface area (TPSA) is 46.2 Å². The van der Waals surface area contributed by atoms with Gasteiger partial charge in [-0.2, -0.15) is 11.8 Å². The number of rotatable bonds is 4. The lowest BCUT2D eigenvalue weighted by Gasteiger charge is -2.22. The maximum absolute atomic E-state index is 12.1. The molecule has 1 aliphatic heterocycles. The molecule has 1 heterocycles. The Labute approximate surface area is 121 Å². The molecule has 1 aromatic carbocycles. The first kappa shape index (κ1) is 14.4. The van der Waals surface area contributed by atoms with E-state index >= 15 is 0 Å². The lowest BCUT2D eigenvalue weighted by molar-refractivity contribution is 0.552. The van der Waals surface area contributed by atoms with Gasteiger partial charge in [0, 0.05) is 15.8 Å². The van der Waals surface area contributed by atoms with Gasteiger partial charge in [0.1, 0.15) is 0 Å². The number of nitrogens with one attached hydrogen (secondary N) is 1. The summed E-state index contributed by atoms with van der Waals surface area (Å²) in [5.41, 5.74) is 0. The van der Waals surface area contributed by atoms with Crippen molar-refractivity contribution in [3.05, 3.63) is 28.7 Å². The Morgan fingerprint density at radius 3 is 2.89 bits per heavy atom. The van der Waals surface area contributed by atoms with Gasteiger partial charge in [-0.3, -0.25) is 0 Å². The summed E-state index contributed by atoms with van der Waals surface area (Å²) in [6.07, 6.45) is 2.23. The molecule has 100 valence electrons. The second-order valence-corrected chi connectivity index (χ2v) is 9.05. The fourth-order valence-electron chi connectivity index (χ4n) is 1.94. The van der Waals surface area contributed by atoms with E-state index in [4.69, 9.17) is 0 Å². The third-order valence-corrected chi connectivity index (χ3v) is 6.47. The van der Waals surface area contributed by atoms with Crippen LogP contribution in [0, 0.1) is 0 Å². The Kier molecular flexibility index (Phi) is 4.41. The van der Waals surface area contributed by atoms with Crippen molar-refractivity contribution in [2.75, 3.05) is 12.3 Å². The molecule has 1 saturated heterocycles. The van der Waals surface area contributed by atoms with Crippen LogP contribution >= 0.6 is 27.7 Å². The van der Waals surface area contributed by atoms with Gasteiger partial charge in [-0.25, -0.2) is 13.1 Å². The molecule has 1 N–H and O–H groups in total. The Hall–Kier alpha value is -0.0400. The standard InChI is InChI=1S/C12H16BrNO2S2/c1-12(6-3-7-17-12)9-14-18(15,16)11-5-2-4-10(13)8-11/h2,4-5,8,14H,3,6-7,9H2,1H3. The predicted octanol–water partition coefficient (Wildman–Crippen LogP) is 3.01. The van der Waals surface area contributed by atoms with Crippen molar-refractivity contribution in [1.29, 1.82) is 0 Å². The van der Waals surface area contributed by atoms with Crippen molar-refractivity contribution in [2.24, 2.45) is 0 Å². The summed E-state index contributed by atoms with van der Waals surface area (Å²) in [6.45, 7) is 2.61. The van der Waals surface area contributed by atoms with Gasteiger partial charge in [0.2, 0.25) is 10.0 Å². The number of sulfonamides is 1. The zero-order chi connectivity index (χ0) is 13.2. The van der Waals surface area contributed by atoms with E-state index in [2.05, 4.69) is 27.6 Å². The summed E-state index contributed by atoms with van der Waals surface area (Å²) in [6, 6.07) is 6.77. The van der Waals surface area contributed by atoms with Gasteiger partial charge in [-0.15, -0.1) is 0 Å². The molecule has 2 rings (SSSR count). The summed E-state index contributed by atoms with van der Waals surface area (Å²) in [4.78, 5) is 0.309. The van der Waals surface area contributed by atoms with Crippen molar-refractivity contribution in [3.8, 4) is 0 Å². The molecule has 1 aliphatic rings. The van der Waals surface area contributed by atoms with E-state index in [1.54, 1.807) is 18.2 Å². The summed E-state index contributed by atoms with van der Waals surface area (Å²) >= 11 is 5.13. The molecule has 0 aliphatic carbocycles. The van der Waals surface area contributed by atoms with Gasteiger partial charge in [0.05, 0.1) is 4.90 Å². The van der Waals surface area contributed by atoms with Gasteiger partial charge in [-0.05, 0) is 43.7 Å². The van der Waals surface area contributed by atoms with Gasteiger partial charge < -0.3 is 0 Å². The van der Waals surface area contributed by atoms with E-state index in [0.717, 1.165) is 16.6 Å². The molecule has 1 aromatic rings. The monoisotopic (exact) mass is 349 g/mol. The molecular formula is C12H16BrNO2S2. The molecule has 0 saturated carbocycles. The number of hydrogen-bond donors (Lipinski definition) is 1. The van der Waals surface area contributed by atoms with Crippen molar-refractivity contribution >= 4 is 37.7 Å². The molecule has 6 heteroatoms. The molecule has 1 unspecified atom stereocenters. The first-order valence-corrected chi connectivity index (χ1v) is 9.07. The molecule has 0 radical (unpaired) electrons. The highest BCUT2D eigenvalue weighted by Gasteiger charge is 2.31. The number of benzene rings is 1. The summed E-state index contributed by atoms with van der Waals surface area (Å²) in [5, 5.41) is 0. The van der Waals surface area contributed by atoms with Gasteiger partial charge >= 0.3 is 0 Å². The minimum absolute atomic E-state index is 0.0408. The van der Waals surface area contributed by atoms with Crippen LogP contribution in [0.25, 0.3) is 0 Å². The SMILES string of the molecule is CC1(CNS(=O)(=O)c2cccc(Br)c2)CCCS1. The Morgan fingerprint density at radius 1 is 1.50 bits per heavy atom. The Bertz CT molecular complexity index is 525. The van der Waals surface area contributed by atoms with Crippen LogP contribution in [0.15, 0.2) is 33.6 Å². The molecule has 0 amide bonds. The molecule has 1 fully saturated rings. The van der Waals surface area contributed by atoms with Gasteiger partial charge in [0.15, 0.2) is 0 Å². The second kappa shape index (κ2) is 5.53. The van der Waals surface area contributed by atoms with E-state index in [1.807, 2.05) is 17.8 Å². The maximum atomic E-state index is 12.1. The number of hydrogen-bond acceptors (Lipinski definition) is 3. The molecule has 1 atom stereocenters. The van der Waals surface area contributed by atoms with E-state index in [1.165, 1.54) is 6.42 Å². The fraction of sp³-hybridized carbons (Fsp3) is 0.500. The van der Waals surface area contributed by atoms with E-state index in [0.29, 0.717) is 11.4 Å². The number of thioether (sulfide) groups is 1. The maximum Gasteiger partial charge on any atom is 0.240 e.